The van der Waals surface area contributed by atoms with Crippen molar-refractivity contribution in [3.63, 3.8) is 0 Å². The lowest BCUT2D eigenvalue weighted by Crippen LogP contribution is -2.72. The lowest BCUT2D eigenvalue weighted by Gasteiger charge is -2.56. The fraction of sp³-hybridized carbons (Fsp3) is 0.167. The molecule has 5 nitrogen and oxygen atoms in total. The quantitative estimate of drug-likeness (QED) is 0.461. The third-order valence-corrected chi connectivity index (χ3v) is 6.69. The molecule has 2 bridgehead atoms. The van der Waals surface area contributed by atoms with Gasteiger partial charge in [0.05, 0.1) is 6.04 Å². The predicted octanol–water partition coefficient (Wildman–Crippen LogP) is 5.79. The number of halogens is 2. The molecule has 2 N–H and O–H groups in total. The van der Waals surface area contributed by atoms with Gasteiger partial charge in [-0.05, 0) is 73.7 Å². The van der Waals surface area contributed by atoms with Gasteiger partial charge < -0.3 is 15.4 Å². The minimum Gasteiger partial charge on any atom is -0.467 e. The smallest absolute Gasteiger partial charge is 0.236 e. The molecule has 0 unspecified atom stereocenters. The highest BCUT2D eigenvalue weighted by molar-refractivity contribution is 7.80. The molecule has 3 atom stereocenters. The number of amides is 1. The Balaban J connectivity index is 1.60. The fourth-order valence-corrected chi connectivity index (χ4v) is 5.13. The van der Waals surface area contributed by atoms with Gasteiger partial charge in [0.25, 0.3) is 0 Å². The zero-order valence-electron chi connectivity index (χ0n) is 17.0. The molecule has 1 fully saturated rings. The number of hydrogen-bond donors (Lipinski definition) is 2. The molecule has 0 radical (unpaired) electrons. The zero-order valence-corrected chi connectivity index (χ0v) is 19.3. The Morgan fingerprint density at radius 1 is 1.03 bits per heavy atom. The highest BCUT2D eigenvalue weighted by atomic mass is 35.5. The molecule has 2 aliphatic rings. The van der Waals surface area contributed by atoms with E-state index in [0.717, 1.165) is 11.3 Å². The number of para-hydroxylation sites is 1. The van der Waals surface area contributed by atoms with E-state index in [1.807, 2.05) is 48.2 Å². The average Bonchev–Trinajstić information content (AvgIpc) is 2.76. The van der Waals surface area contributed by atoms with Crippen molar-refractivity contribution in [2.24, 2.45) is 5.92 Å². The number of fused-ring (bicyclic) bond motifs is 4. The number of thiocarbonyl (C=S) groups is 1. The van der Waals surface area contributed by atoms with Crippen molar-refractivity contribution in [3.05, 3.63) is 88.4 Å². The Hall–Kier alpha value is -2.80. The monoisotopic (exact) mass is 483 g/mol. The lowest BCUT2D eigenvalue weighted by atomic mass is 9.78. The first kappa shape index (κ1) is 21.1. The van der Waals surface area contributed by atoms with Crippen molar-refractivity contribution < 1.29 is 9.53 Å². The van der Waals surface area contributed by atoms with Gasteiger partial charge in [0.15, 0.2) is 10.8 Å². The van der Waals surface area contributed by atoms with Gasteiger partial charge in [-0.2, -0.15) is 0 Å². The molecule has 8 heteroatoms. The maximum Gasteiger partial charge on any atom is 0.236 e. The first-order valence-electron chi connectivity index (χ1n) is 10.1. The molecule has 0 aliphatic carbocycles. The molecular weight excluding hydrogens is 465 g/mol. The standard InChI is InChI=1S/C24H19Cl2N3O2S/c1-24-20(22(30)27-16-10-6-14(25)7-11-16)21(18-4-2-3-5-19(18)31-24)28-23(32)29(24)17-12-8-15(26)9-13-17/h2-13,20-21H,1H3,(H,27,30)(H,28,32)/t20-,21+,24-/m0/s1. The van der Waals surface area contributed by atoms with Gasteiger partial charge in [0, 0.05) is 27.0 Å². The van der Waals surface area contributed by atoms with Gasteiger partial charge in [0.2, 0.25) is 5.91 Å². The van der Waals surface area contributed by atoms with Crippen LogP contribution in [0.3, 0.4) is 0 Å². The summed E-state index contributed by atoms with van der Waals surface area (Å²) < 4.78 is 6.53. The second-order valence-electron chi connectivity index (χ2n) is 7.91. The summed E-state index contributed by atoms with van der Waals surface area (Å²) in [6.07, 6.45) is 0. The Kier molecular flexibility index (Phi) is 5.24. The van der Waals surface area contributed by atoms with E-state index in [0.29, 0.717) is 26.6 Å². The number of carbonyl (C=O) groups is 1. The first-order chi connectivity index (χ1) is 15.4. The number of carbonyl (C=O) groups excluding carboxylic acids is 1. The number of nitrogens with one attached hydrogen (secondary N) is 2. The number of hydrogen-bond acceptors (Lipinski definition) is 3. The molecule has 0 saturated carbocycles. The second-order valence-corrected chi connectivity index (χ2v) is 9.17. The molecule has 0 aromatic heterocycles. The summed E-state index contributed by atoms with van der Waals surface area (Å²) >= 11 is 17.8. The molecule has 1 saturated heterocycles. The van der Waals surface area contributed by atoms with Crippen LogP contribution < -0.4 is 20.3 Å². The van der Waals surface area contributed by atoms with Crippen LogP contribution in [0, 0.1) is 5.92 Å². The van der Waals surface area contributed by atoms with Gasteiger partial charge in [-0.15, -0.1) is 0 Å². The molecule has 5 rings (SSSR count). The summed E-state index contributed by atoms with van der Waals surface area (Å²) in [6.45, 7) is 1.89. The highest BCUT2D eigenvalue weighted by Gasteiger charge is 2.59. The number of benzene rings is 3. The van der Waals surface area contributed by atoms with Gasteiger partial charge in [-0.1, -0.05) is 41.4 Å². The van der Waals surface area contributed by atoms with Crippen LogP contribution in [0.2, 0.25) is 10.0 Å². The maximum absolute atomic E-state index is 13.7. The normalized spacial score (nSPS) is 23.6. The Labute approximate surface area is 201 Å². The van der Waals surface area contributed by atoms with Crippen molar-refractivity contribution >= 4 is 57.8 Å². The van der Waals surface area contributed by atoms with Crippen molar-refractivity contribution in [2.75, 3.05) is 10.2 Å². The number of ether oxygens (including phenoxy) is 1. The van der Waals surface area contributed by atoms with Crippen LogP contribution in [0.4, 0.5) is 11.4 Å². The Morgan fingerprint density at radius 3 is 2.34 bits per heavy atom. The van der Waals surface area contributed by atoms with E-state index in [9.17, 15) is 4.79 Å². The summed E-state index contributed by atoms with van der Waals surface area (Å²) in [4.78, 5) is 15.5. The van der Waals surface area contributed by atoms with Gasteiger partial charge in [-0.3, -0.25) is 9.69 Å². The average molecular weight is 484 g/mol. The molecular formula is C24H19Cl2N3O2S. The van der Waals surface area contributed by atoms with Crippen molar-refractivity contribution in [3.8, 4) is 5.75 Å². The molecule has 3 aromatic rings. The van der Waals surface area contributed by atoms with Crippen LogP contribution in [0.15, 0.2) is 72.8 Å². The van der Waals surface area contributed by atoms with Crippen LogP contribution in [-0.4, -0.2) is 16.7 Å². The zero-order chi connectivity index (χ0) is 22.5. The molecule has 2 heterocycles. The van der Waals surface area contributed by atoms with Gasteiger partial charge in [-0.25, -0.2) is 0 Å². The third-order valence-electron chi connectivity index (χ3n) is 5.89. The molecule has 1 amide bonds. The summed E-state index contributed by atoms with van der Waals surface area (Å²) in [6, 6.07) is 21.7. The first-order valence-corrected chi connectivity index (χ1v) is 11.2. The van der Waals surface area contributed by atoms with Crippen LogP contribution >= 0.6 is 35.4 Å². The van der Waals surface area contributed by atoms with E-state index in [1.165, 1.54) is 0 Å². The third kappa shape index (κ3) is 3.48. The fourth-order valence-electron chi connectivity index (χ4n) is 4.46. The minimum atomic E-state index is -1.08. The molecule has 3 aromatic carbocycles. The van der Waals surface area contributed by atoms with Crippen LogP contribution in [0.25, 0.3) is 0 Å². The molecule has 2 aliphatic heterocycles. The van der Waals surface area contributed by atoms with Crippen molar-refractivity contribution in [1.82, 2.24) is 5.32 Å². The highest BCUT2D eigenvalue weighted by Crippen LogP contribution is 2.49. The van der Waals surface area contributed by atoms with Crippen LogP contribution in [-0.2, 0) is 4.79 Å². The number of rotatable bonds is 3. The topological polar surface area (TPSA) is 53.6 Å². The van der Waals surface area contributed by atoms with Gasteiger partial charge >= 0.3 is 0 Å². The number of nitrogens with zero attached hydrogens (tertiary/aromatic N) is 1. The van der Waals surface area contributed by atoms with Gasteiger partial charge in [0.1, 0.15) is 11.7 Å². The number of anilines is 2. The summed E-state index contributed by atoms with van der Waals surface area (Å²) in [5.41, 5.74) is 1.24. The summed E-state index contributed by atoms with van der Waals surface area (Å²) in [5, 5.41) is 8.08. The minimum absolute atomic E-state index is 0.191. The van der Waals surface area contributed by atoms with Crippen LogP contribution in [0.1, 0.15) is 18.5 Å². The Bertz CT molecular complexity index is 1200. The van der Waals surface area contributed by atoms with Crippen molar-refractivity contribution in [2.45, 2.75) is 18.7 Å². The van der Waals surface area contributed by atoms with E-state index in [1.54, 1.807) is 36.4 Å². The second kappa shape index (κ2) is 7.96. The molecule has 0 spiro atoms. The SMILES string of the molecule is C[C@@]12Oc3ccccc3[C@@H](NC(=S)N1c1ccc(Cl)cc1)[C@H]2C(=O)Nc1ccc(Cl)cc1. The van der Waals surface area contributed by atoms with Crippen LogP contribution in [0.5, 0.6) is 5.75 Å². The Morgan fingerprint density at radius 2 is 1.66 bits per heavy atom. The largest absolute Gasteiger partial charge is 0.467 e. The molecule has 162 valence electrons. The van der Waals surface area contributed by atoms with E-state index >= 15 is 0 Å². The molecule has 32 heavy (non-hydrogen) atoms. The lowest BCUT2D eigenvalue weighted by molar-refractivity contribution is -0.130. The van der Waals surface area contributed by atoms with E-state index in [2.05, 4.69) is 10.6 Å². The van der Waals surface area contributed by atoms with E-state index in [-0.39, 0.29) is 11.9 Å². The van der Waals surface area contributed by atoms with Crippen molar-refractivity contribution in [1.29, 1.82) is 0 Å². The summed E-state index contributed by atoms with van der Waals surface area (Å²) in [5.74, 6) is -0.0942. The predicted molar refractivity (Wildman–Crippen MR) is 131 cm³/mol. The van der Waals surface area contributed by atoms with E-state index in [4.69, 9.17) is 40.2 Å². The summed E-state index contributed by atoms with van der Waals surface area (Å²) in [7, 11) is 0. The van der Waals surface area contributed by atoms with E-state index < -0.39 is 11.6 Å². The maximum atomic E-state index is 13.7.